The molecular formula is C46H27N3OS. The maximum atomic E-state index is 6.77. The number of furan rings is 1. The summed E-state index contributed by atoms with van der Waals surface area (Å²) in [5.74, 6) is 0.701. The second kappa shape index (κ2) is 11.0. The van der Waals surface area contributed by atoms with E-state index in [-0.39, 0.29) is 0 Å². The van der Waals surface area contributed by atoms with Gasteiger partial charge in [-0.25, -0.2) is 9.97 Å². The molecule has 0 N–H and O–H groups in total. The molecule has 5 heteroatoms. The summed E-state index contributed by atoms with van der Waals surface area (Å²) in [5, 5.41) is 7.23. The van der Waals surface area contributed by atoms with Gasteiger partial charge < -0.3 is 8.98 Å². The molecule has 0 saturated heterocycles. The van der Waals surface area contributed by atoms with Crippen molar-refractivity contribution in [3.8, 4) is 39.6 Å². The minimum absolute atomic E-state index is 0.701. The van der Waals surface area contributed by atoms with Crippen molar-refractivity contribution in [2.24, 2.45) is 0 Å². The summed E-state index contributed by atoms with van der Waals surface area (Å²) in [4.78, 5) is 10.2. The summed E-state index contributed by atoms with van der Waals surface area (Å²) in [6.07, 6.45) is 0. The molecule has 4 nitrogen and oxygen atoms in total. The molecule has 7 aromatic carbocycles. The highest BCUT2D eigenvalue weighted by atomic mass is 32.1. The Morgan fingerprint density at radius 2 is 1.14 bits per heavy atom. The molecule has 0 spiro atoms. The van der Waals surface area contributed by atoms with E-state index in [1.807, 2.05) is 35.6 Å². The Hall–Kier alpha value is -6.56. The molecule has 11 aromatic rings. The third-order valence-electron chi connectivity index (χ3n) is 9.99. The van der Waals surface area contributed by atoms with Gasteiger partial charge in [0, 0.05) is 54.0 Å². The van der Waals surface area contributed by atoms with Gasteiger partial charge in [-0.3, -0.25) is 0 Å². The summed E-state index contributed by atoms with van der Waals surface area (Å²) in [7, 11) is 0. The fraction of sp³-hybridized carbons (Fsp3) is 0. The van der Waals surface area contributed by atoms with Crippen LogP contribution in [0.1, 0.15) is 0 Å². The molecule has 4 aromatic heterocycles. The van der Waals surface area contributed by atoms with Crippen LogP contribution in [0.15, 0.2) is 168 Å². The Morgan fingerprint density at radius 1 is 0.490 bits per heavy atom. The largest absolute Gasteiger partial charge is 0.454 e. The van der Waals surface area contributed by atoms with Crippen LogP contribution in [0.4, 0.5) is 0 Å². The number of rotatable bonds is 4. The first-order chi connectivity index (χ1) is 25.3. The summed E-state index contributed by atoms with van der Waals surface area (Å²) >= 11 is 1.82. The molecule has 4 heterocycles. The number of aromatic nitrogens is 3. The zero-order valence-electron chi connectivity index (χ0n) is 27.2. The molecule has 238 valence electrons. The maximum Gasteiger partial charge on any atom is 0.160 e. The van der Waals surface area contributed by atoms with E-state index in [1.54, 1.807) is 0 Å². The van der Waals surface area contributed by atoms with E-state index in [0.29, 0.717) is 5.82 Å². The topological polar surface area (TPSA) is 43.9 Å². The van der Waals surface area contributed by atoms with Gasteiger partial charge in [-0.15, -0.1) is 11.3 Å². The van der Waals surface area contributed by atoms with Crippen LogP contribution < -0.4 is 0 Å². The summed E-state index contributed by atoms with van der Waals surface area (Å²) in [6.45, 7) is 0. The van der Waals surface area contributed by atoms with Gasteiger partial charge in [0.15, 0.2) is 11.4 Å². The Bertz CT molecular complexity index is 3080. The van der Waals surface area contributed by atoms with Crippen molar-refractivity contribution in [2.45, 2.75) is 0 Å². The Balaban J connectivity index is 1.24. The number of fused-ring (bicyclic) bond motifs is 12. The Kier molecular flexibility index (Phi) is 6.09. The van der Waals surface area contributed by atoms with Crippen molar-refractivity contribution in [1.82, 2.24) is 14.5 Å². The molecule has 0 atom stereocenters. The minimum atomic E-state index is 0.701. The molecule has 0 aliphatic heterocycles. The van der Waals surface area contributed by atoms with Gasteiger partial charge in [-0.05, 0) is 36.4 Å². The average Bonchev–Trinajstić information content (AvgIpc) is 3.88. The SMILES string of the molecule is c1ccc(-c2cc(-c3cccc(-n4c5ccccc5c5c6c7ccccc7sc6c6oc7ccccc7c6c54)c3)nc(-c3ccccc3)n2)cc1. The van der Waals surface area contributed by atoms with Gasteiger partial charge >= 0.3 is 0 Å². The van der Waals surface area contributed by atoms with Crippen LogP contribution in [0, 0.1) is 0 Å². The molecule has 0 radical (unpaired) electrons. The van der Waals surface area contributed by atoms with Crippen molar-refractivity contribution >= 4 is 75.3 Å². The normalized spacial score (nSPS) is 11.9. The monoisotopic (exact) mass is 669 g/mol. The van der Waals surface area contributed by atoms with Crippen molar-refractivity contribution in [2.75, 3.05) is 0 Å². The maximum absolute atomic E-state index is 6.77. The standard InChI is InChI=1S/C46H27N3OS/c1-3-14-28(15-4-1)35-27-36(48-46(47-35)29-16-5-2-6-17-29)30-18-13-19-31(26-30)49-37-23-10-7-20-32(37)40-41-34-22-9-12-25-39(34)51-45(41)44-42(43(40)49)33-21-8-11-24-38(33)50-44/h1-27H. The van der Waals surface area contributed by atoms with E-state index in [0.717, 1.165) is 66.7 Å². The Morgan fingerprint density at radius 3 is 1.96 bits per heavy atom. The average molecular weight is 670 g/mol. The van der Waals surface area contributed by atoms with Gasteiger partial charge in [-0.2, -0.15) is 0 Å². The van der Waals surface area contributed by atoms with Crippen LogP contribution in [0.25, 0.3) is 104 Å². The first kappa shape index (κ1) is 28.3. The van der Waals surface area contributed by atoms with Crippen molar-refractivity contribution in [1.29, 1.82) is 0 Å². The zero-order chi connectivity index (χ0) is 33.5. The third-order valence-corrected chi connectivity index (χ3v) is 11.2. The molecule has 0 fully saturated rings. The summed E-state index contributed by atoms with van der Waals surface area (Å²) in [5.41, 5.74) is 10.0. The van der Waals surface area contributed by atoms with Crippen LogP contribution in [0.5, 0.6) is 0 Å². The molecule has 0 amide bonds. The van der Waals surface area contributed by atoms with E-state index in [2.05, 4.69) is 144 Å². The highest BCUT2D eigenvalue weighted by Gasteiger charge is 2.25. The van der Waals surface area contributed by atoms with Crippen molar-refractivity contribution in [3.63, 3.8) is 0 Å². The number of benzene rings is 7. The molecule has 11 rings (SSSR count). The predicted molar refractivity (Wildman–Crippen MR) is 213 cm³/mol. The van der Waals surface area contributed by atoms with E-state index >= 15 is 0 Å². The van der Waals surface area contributed by atoms with E-state index < -0.39 is 0 Å². The predicted octanol–water partition coefficient (Wildman–Crippen LogP) is 12.8. The highest BCUT2D eigenvalue weighted by Crippen LogP contribution is 2.50. The second-order valence-corrected chi connectivity index (χ2v) is 14.0. The van der Waals surface area contributed by atoms with Crippen LogP contribution in [0.2, 0.25) is 0 Å². The van der Waals surface area contributed by atoms with Gasteiger partial charge in [0.05, 0.1) is 32.5 Å². The third kappa shape index (κ3) is 4.25. The lowest BCUT2D eigenvalue weighted by atomic mass is 10.0. The fourth-order valence-corrected chi connectivity index (χ4v) is 8.96. The van der Waals surface area contributed by atoms with Crippen LogP contribution in [-0.2, 0) is 0 Å². The quantitative estimate of drug-likeness (QED) is 0.187. The number of thiophene rings is 1. The first-order valence-corrected chi connectivity index (χ1v) is 17.9. The number of nitrogens with zero attached hydrogens (tertiary/aromatic N) is 3. The van der Waals surface area contributed by atoms with E-state index in [4.69, 9.17) is 14.4 Å². The lowest BCUT2D eigenvalue weighted by Gasteiger charge is -2.13. The smallest absolute Gasteiger partial charge is 0.160 e. The van der Waals surface area contributed by atoms with Crippen LogP contribution in [0.3, 0.4) is 0 Å². The zero-order valence-corrected chi connectivity index (χ0v) is 28.1. The molecule has 0 aliphatic rings. The summed E-state index contributed by atoms with van der Waals surface area (Å²) < 4.78 is 11.7. The number of hydrogen-bond donors (Lipinski definition) is 0. The van der Waals surface area contributed by atoms with E-state index in [9.17, 15) is 0 Å². The first-order valence-electron chi connectivity index (χ1n) is 17.1. The van der Waals surface area contributed by atoms with Gasteiger partial charge in [-0.1, -0.05) is 127 Å². The van der Waals surface area contributed by atoms with Gasteiger partial charge in [0.2, 0.25) is 0 Å². The van der Waals surface area contributed by atoms with Crippen LogP contribution in [-0.4, -0.2) is 14.5 Å². The highest BCUT2D eigenvalue weighted by molar-refractivity contribution is 7.27. The fourth-order valence-electron chi connectivity index (χ4n) is 7.76. The molecule has 0 bridgehead atoms. The van der Waals surface area contributed by atoms with Crippen molar-refractivity contribution < 1.29 is 4.42 Å². The van der Waals surface area contributed by atoms with E-state index in [1.165, 1.54) is 30.9 Å². The number of para-hydroxylation sites is 2. The Labute approximate surface area is 296 Å². The van der Waals surface area contributed by atoms with Crippen LogP contribution >= 0.6 is 11.3 Å². The lowest BCUT2D eigenvalue weighted by molar-refractivity contribution is 0.673. The minimum Gasteiger partial charge on any atom is -0.454 e. The lowest BCUT2D eigenvalue weighted by Crippen LogP contribution is -1.98. The number of hydrogen-bond acceptors (Lipinski definition) is 4. The molecule has 0 unspecified atom stereocenters. The molecular weight excluding hydrogens is 643 g/mol. The second-order valence-electron chi connectivity index (χ2n) is 12.9. The van der Waals surface area contributed by atoms with Gasteiger partial charge in [0.1, 0.15) is 5.58 Å². The molecule has 0 saturated carbocycles. The van der Waals surface area contributed by atoms with Gasteiger partial charge in [0.25, 0.3) is 0 Å². The molecule has 51 heavy (non-hydrogen) atoms. The molecule has 0 aliphatic carbocycles. The summed E-state index contributed by atoms with van der Waals surface area (Å²) in [6, 6.07) is 57.4. The van der Waals surface area contributed by atoms with Crippen molar-refractivity contribution in [3.05, 3.63) is 164 Å².